The number of nitrogens with zero attached hydrogens (tertiary/aromatic N) is 3. The minimum atomic E-state index is 0.0660. The number of carbonyl (C=O) groups excluding carboxylic acids is 1. The lowest BCUT2D eigenvalue weighted by Gasteiger charge is -2.20. The van der Waals surface area contributed by atoms with Crippen molar-refractivity contribution in [3.05, 3.63) is 72.6 Å². The minimum Gasteiger partial charge on any atom is -0.497 e. The number of hydrogen-bond acceptors (Lipinski definition) is 7. The maximum Gasteiger partial charge on any atom is 0.229 e. The van der Waals surface area contributed by atoms with Crippen LogP contribution >= 0.6 is 23.1 Å². The standard InChI is InChI=1S/C26H27N3O3S2/c1-3-32-21-8-11-23-24(17-21)34-26(28-23)29(18-19-12-14-27-15-13-19)25(30)5-4-16-33-22-9-6-20(31-2)7-10-22/h6-15,17H,3-5,16,18H2,1-2H3. The van der Waals surface area contributed by atoms with Crippen LogP contribution in [0.5, 0.6) is 11.5 Å². The molecule has 0 spiro atoms. The van der Waals surface area contributed by atoms with Gasteiger partial charge in [0.25, 0.3) is 0 Å². The van der Waals surface area contributed by atoms with Gasteiger partial charge >= 0.3 is 0 Å². The fourth-order valence-electron chi connectivity index (χ4n) is 3.42. The van der Waals surface area contributed by atoms with Gasteiger partial charge in [0.15, 0.2) is 5.13 Å². The number of aromatic nitrogens is 2. The molecule has 34 heavy (non-hydrogen) atoms. The van der Waals surface area contributed by atoms with E-state index in [0.29, 0.717) is 24.7 Å². The van der Waals surface area contributed by atoms with Gasteiger partial charge in [-0.2, -0.15) is 0 Å². The first-order valence-electron chi connectivity index (χ1n) is 11.2. The Balaban J connectivity index is 1.45. The molecule has 2 aromatic heterocycles. The van der Waals surface area contributed by atoms with Crippen LogP contribution in [-0.4, -0.2) is 35.3 Å². The lowest BCUT2D eigenvalue weighted by Crippen LogP contribution is -2.30. The molecule has 0 radical (unpaired) electrons. The summed E-state index contributed by atoms with van der Waals surface area (Å²) in [6.07, 6.45) is 4.72. The van der Waals surface area contributed by atoms with E-state index in [2.05, 4.69) is 4.98 Å². The summed E-state index contributed by atoms with van der Waals surface area (Å²) in [4.78, 5) is 25.1. The first kappa shape index (κ1) is 24.0. The number of rotatable bonds is 11. The number of anilines is 1. The average molecular weight is 494 g/mol. The van der Waals surface area contributed by atoms with Crippen molar-refractivity contribution in [2.45, 2.75) is 31.2 Å². The van der Waals surface area contributed by atoms with Gasteiger partial charge in [0.2, 0.25) is 5.91 Å². The predicted octanol–water partition coefficient (Wildman–Crippen LogP) is 6.20. The predicted molar refractivity (Wildman–Crippen MR) is 139 cm³/mol. The van der Waals surface area contributed by atoms with Crippen molar-refractivity contribution in [2.75, 3.05) is 24.4 Å². The van der Waals surface area contributed by atoms with Crippen molar-refractivity contribution < 1.29 is 14.3 Å². The van der Waals surface area contributed by atoms with Gasteiger partial charge in [0.1, 0.15) is 11.5 Å². The Kier molecular flexibility index (Phi) is 8.38. The van der Waals surface area contributed by atoms with Crippen molar-refractivity contribution >= 4 is 44.4 Å². The van der Waals surface area contributed by atoms with Gasteiger partial charge < -0.3 is 9.47 Å². The molecule has 0 bridgehead atoms. The third-order valence-electron chi connectivity index (χ3n) is 5.14. The molecule has 176 valence electrons. The summed E-state index contributed by atoms with van der Waals surface area (Å²) in [5, 5.41) is 0.702. The molecule has 0 aliphatic rings. The molecule has 0 fully saturated rings. The number of hydrogen-bond donors (Lipinski definition) is 0. The van der Waals surface area contributed by atoms with Gasteiger partial charge in [-0.05, 0) is 79.3 Å². The van der Waals surface area contributed by atoms with Gasteiger partial charge in [-0.1, -0.05) is 11.3 Å². The molecule has 6 nitrogen and oxygen atoms in total. The van der Waals surface area contributed by atoms with Crippen LogP contribution in [0.2, 0.25) is 0 Å². The quantitative estimate of drug-likeness (QED) is 0.183. The molecule has 0 aliphatic carbocycles. The molecule has 0 atom stereocenters. The molecular formula is C26H27N3O3S2. The zero-order valence-corrected chi connectivity index (χ0v) is 20.9. The van der Waals surface area contributed by atoms with E-state index >= 15 is 0 Å². The highest BCUT2D eigenvalue weighted by Crippen LogP contribution is 2.33. The number of amides is 1. The molecule has 0 saturated carbocycles. The lowest BCUT2D eigenvalue weighted by molar-refractivity contribution is -0.118. The van der Waals surface area contributed by atoms with Crippen LogP contribution in [-0.2, 0) is 11.3 Å². The van der Waals surface area contributed by atoms with E-state index in [9.17, 15) is 4.79 Å². The SMILES string of the molecule is CCOc1ccc2nc(N(Cc3ccncc3)C(=O)CCCSc3ccc(OC)cc3)sc2c1. The topological polar surface area (TPSA) is 64.5 Å². The molecule has 0 N–H and O–H groups in total. The number of benzene rings is 2. The summed E-state index contributed by atoms with van der Waals surface area (Å²) < 4.78 is 11.8. The summed E-state index contributed by atoms with van der Waals surface area (Å²) >= 11 is 3.26. The van der Waals surface area contributed by atoms with E-state index in [1.807, 2.05) is 61.5 Å². The normalized spacial score (nSPS) is 10.9. The van der Waals surface area contributed by atoms with Gasteiger partial charge in [-0.25, -0.2) is 4.98 Å². The molecule has 4 aromatic rings. The van der Waals surface area contributed by atoms with Crippen LogP contribution in [0, 0.1) is 0 Å². The second kappa shape index (κ2) is 11.9. The third kappa shape index (κ3) is 6.27. The fraction of sp³-hybridized carbons (Fsp3) is 0.269. The van der Waals surface area contributed by atoms with Crippen molar-refractivity contribution in [1.29, 1.82) is 0 Å². The lowest BCUT2D eigenvalue weighted by atomic mass is 10.2. The van der Waals surface area contributed by atoms with Crippen LogP contribution in [0.15, 0.2) is 71.9 Å². The van der Waals surface area contributed by atoms with Crippen molar-refractivity contribution in [2.24, 2.45) is 0 Å². The highest BCUT2D eigenvalue weighted by Gasteiger charge is 2.20. The van der Waals surface area contributed by atoms with Crippen LogP contribution < -0.4 is 14.4 Å². The Labute approximate surface area is 207 Å². The zero-order valence-electron chi connectivity index (χ0n) is 19.3. The van der Waals surface area contributed by atoms with Gasteiger partial charge in [0.05, 0.1) is 30.5 Å². The third-order valence-corrected chi connectivity index (χ3v) is 7.28. The molecule has 2 heterocycles. The molecule has 2 aromatic carbocycles. The van der Waals surface area contributed by atoms with Crippen LogP contribution in [0.4, 0.5) is 5.13 Å². The Morgan fingerprint density at radius 1 is 1.06 bits per heavy atom. The molecule has 0 unspecified atom stereocenters. The Morgan fingerprint density at radius 3 is 2.56 bits per heavy atom. The summed E-state index contributed by atoms with van der Waals surface area (Å²) in [6.45, 7) is 3.04. The first-order chi connectivity index (χ1) is 16.7. The number of ether oxygens (including phenoxy) is 2. The van der Waals surface area contributed by atoms with E-state index in [1.54, 1.807) is 36.2 Å². The molecule has 0 saturated heterocycles. The minimum absolute atomic E-state index is 0.0660. The monoisotopic (exact) mass is 493 g/mol. The molecular weight excluding hydrogens is 466 g/mol. The number of thioether (sulfide) groups is 1. The van der Waals surface area contributed by atoms with E-state index < -0.39 is 0 Å². The fourth-order valence-corrected chi connectivity index (χ4v) is 5.28. The smallest absolute Gasteiger partial charge is 0.229 e. The van der Waals surface area contributed by atoms with Gasteiger partial charge in [-0.3, -0.25) is 14.7 Å². The van der Waals surface area contributed by atoms with E-state index in [1.165, 1.54) is 11.3 Å². The van der Waals surface area contributed by atoms with E-state index in [4.69, 9.17) is 14.5 Å². The largest absolute Gasteiger partial charge is 0.497 e. The van der Waals surface area contributed by atoms with E-state index in [0.717, 1.165) is 44.3 Å². The summed E-state index contributed by atoms with van der Waals surface area (Å²) in [5.74, 6) is 2.58. The highest BCUT2D eigenvalue weighted by molar-refractivity contribution is 7.99. The Morgan fingerprint density at radius 2 is 1.82 bits per heavy atom. The van der Waals surface area contributed by atoms with E-state index in [-0.39, 0.29) is 5.91 Å². The zero-order chi connectivity index (χ0) is 23.8. The maximum absolute atomic E-state index is 13.3. The summed E-state index contributed by atoms with van der Waals surface area (Å²) in [6, 6.07) is 17.7. The second-order valence-corrected chi connectivity index (χ2v) is 9.70. The summed E-state index contributed by atoms with van der Waals surface area (Å²) in [5.41, 5.74) is 1.89. The van der Waals surface area contributed by atoms with Crippen LogP contribution in [0.3, 0.4) is 0 Å². The Bertz CT molecular complexity index is 1210. The number of carbonyl (C=O) groups is 1. The van der Waals surface area contributed by atoms with Gasteiger partial charge in [0, 0.05) is 23.7 Å². The highest BCUT2D eigenvalue weighted by atomic mass is 32.2. The molecule has 0 aliphatic heterocycles. The molecule has 4 rings (SSSR count). The van der Waals surface area contributed by atoms with Crippen molar-refractivity contribution in [1.82, 2.24) is 9.97 Å². The van der Waals surface area contributed by atoms with Crippen LogP contribution in [0.25, 0.3) is 10.2 Å². The van der Waals surface area contributed by atoms with Gasteiger partial charge in [-0.15, -0.1) is 11.8 Å². The first-order valence-corrected chi connectivity index (χ1v) is 13.0. The molecule has 8 heteroatoms. The Hall–Kier alpha value is -3.10. The maximum atomic E-state index is 13.3. The number of thiazole rings is 1. The number of fused-ring (bicyclic) bond motifs is 1. The average Bonchev–Trinajstić information content (AvgIpc) is 3.29. The molecule has 1 amide bonds. The number of methoxy groups -OCH3 is 1. The van der Waals surface area contributed by atoms with Crippen LogP contribution in [0.1, 0.15) is 25.3 Å². The summed E-state index contributed by atoms with van der Waals surface area (Å²) in [7, 11) is 1.66. The second-order valence-electron chi connectivity index (χ2n) is 7.52. The van der Waals surface area contributed by atoms with Crippen molar-refractivity contribution in [3.8, 4) is 11.5 Å². The van der Waals surface area contributed by atoms with Crippen molar-refractivity contribution in [3.63, 3.8) is 0 Å². The number of pyridine rings is 1.